The Balaban J connectivity index is 2.69. The van der Waals surface area contributed by atoms with Crippen LogP contribution in [0.3, 0.4) is 0 Å². The van der Waals surface area contributed by atoms with Crippen LogP contribution in [-0.4, -0.2) is 4.57 Å². The molecule has 0 unspecified atom stereocenters. The highest BCUT2D eigenvalue weighted by atomic mass is 16.3. The van der Waals surface area contributed by atoms with E-state index in [1.807, 2.05) is 0 Å². The van der Waals surface area contributed by atoms with Crippen LogP contribution in [0.4, 0.5) is 0 Å². The van der Waals surface area contributed by atoms with Gasteiger partial charge in [-0.25, -0.2) is 0 Å². The minimum atomic E-state index is -0.198. The molecule has 4 heteroatoms. The molecule has 0 radical (unpaired) electrons. The van der Waals surface area contributed by atoms with Gasteiger partial charge >= 0.3 is 0 Å². The molecule has 0 amide bonds. The van der Waals surface area contributed by atoms with Crippen molar-refractivity contribution in [2.24, 2.45) is 7.05 Å². The van der Waals surface area contributed by atoms with Gasteiger partial charge < -0.3 is 4.42 Å². The predicted octanol–water partition coefficient (Wildman–Crippen LogP) is 1.64. The van der Waals surface area contributed by atoms with E-state index in [1.165, 1.54) is 16.7 Å². The predicted molar refractivity (Wildman–Crippen MR) is 65.2 cm³/mol. The van der Waals surface area contributed by atoms with E-state index in [-0.39, 0.29) is 11.0 Å². The lowest BCUT2D eigenvalue weighted by Crippen LogP contribution is -2.17. The van der Waals surface area contributed by atoms with Gasteiger partial charge in [-0.2, -0.15) is 0 Å². The van der Waals surface area contributed by atoms with Crippen LogP contribution in [0.15, 0.2) is 50.4 Å². The third-order valence-corrected chi connectivity index (χ3v) is 2.84. The summed E-state index contributed by atoms with van der Waals surface area (Å²) >= 11 is 0. The molecular formula is C13H9NO3. The quantitative estimate of drug-likeness (QED) is 0.548. The highest BCUT2D eigenvalue weighted by Crippen LogP contribution is 2.16. The van der Waals surface area contributed by atoms with E-state index >= 15 is 0 Å². The average molecular weight is 227 g/mol. The number of hydrogen-bond acceptors (Lipinski definition) is 3. The standard InChI is InChI=1S/C13H9NO3/c1-14-11(15)7-6-9-12(16)8-4-2-3-5-10(8)17-13(9)14/h2-7H,1H3. The number of nitrogens with zero attached hydrogens (tertiary/aromatic N) is 1. The highest BCUT2D eigenvalue weighted by Gasteiger charge is 2.09. The topological polar surface area (TPSA) is 52.2 Å². The summed E-state index contributed by atoms with van der Waals surface area (Å²) in [6.45, 7) is 0. The third-order valence-electron chi connectivity index (χ3n) is 2.84. The van der Waals surface area contributed by atoms with Crippen LogP contribution in [0.25, 0.3) is 22.1 Å². The first kappa shape index (κ1) is 9.84. The minimum Gasteiger partial charge on any atom is -0.439 e. The summed E-state index contributed by atoms with van der Waals surface area (Å²) < 4.78 is 6.94. The van der Waals surface area contributed by atoms with E-state index < -0.39 is 0 Å². The van der Waals surface area contributed by atoms with Gasteiger partial charge in [0.25, 0.3) is 5.56 Å². The number of aryl methyl sites for hydroxylation is 1. The van der Waals surface area contributed by atoms with Crippen LogP contribution in [0.5, 0.6) is 0 Å². The van der Waals surface area contributed by atoms with Crippen LogP contribution in [-0.2, 0) is 7.05 Å². The molecule has 0 aliphatic carbocycles. The molecule has 0 spiro atoms. The minimum absolute atomic E-state index is 0.113. The van der Waals surface area contributed by atoms with Crippen LogP contribution in [0, 0.1) is 0 Å². The van der Waals surface area contributed by atoms with Crippen molar-refractivity contribution in [3.63, 3.8) is 0 Å². The molecule has 0 aliphatic rings. The maximum Gasteiger partial charge on any atom is 0.253 e. The van der Waals surface area contributed by atoms with Crippen molar-refractivity contribution in [1.82, 2.24) is 4.57 Å². The number of fused-ring (bicyclic) bond motifs is 2. The Labute approximate surface area is 95.7 Å². The van der Waals surface area contributed by atoms with Crippen molar-refractivity contribution >= 4 is 22.1 Å². The lowest BCUT2D eigenvalue weighted by atomic mass is 10.2. The molecule has 0 fully saturated rings. The summed E-state index contributed by atoms with van der Waals surface area (Å²) in [4.78, 5) is 23.7. The van der Waals surface area contributed by atoms with Gasteiger partial charge in [-0.1, -0.05) is 12.1 Å². The molecule has 0 saturated heterocycles. The van der Waals surface area contributed by atoms with Gasteiger partial charge in [0.15, 0.2) is 0 Å². The maximum absolute atomic E-state index is 12.2. The molecular weight excluding hydrogens is 218 g/mol. The van der Waals surface area contributed by atoms with Crippen molar-refractivity contribution < 1.29 is 4.42 Å². The second-order valence-electron chi connectivity index (χ2n) is 3.88. The highest BCUT2D eigenvalue weighted by molar-refractivity contribution is 5.87. The fourth-order valence-corrected chi connectivity index (χ4v) is 1.91. The summed E-state index contributed by atoms with van der Waals surface area (Å²) in [7, 11) is 1.59. The van der Waals surface area contributed by atoms with Gasteiger partial charge in [0.1, 0.15) is 5.58 Å². The van der Waals surface area contributed by atoms with Gasteiger partial charge in [-0.15, -0.1) is 0 Å². The Bertz CT molecular complexity index is 843. The largest absolute Gasteiger partial charge is 0.439 e. The van der Waals surface area contributed by atoms with E-state index in [0.717, 1.165) is 0 Å². The number of benzene rings is 1. The summed E-state index contributed by atoms with van der Waals surface area (Å²) in [6, 6.07) is 9.88. The van der Waals surface area contributed by atoms with Gasteiger partial charge in [0.05, 0.1) is 10.8 Å². The molecule has 3 aromatic rings. The fraction of sp³-hybridized carbons (Fsp3) is 0.0769. The first-order valence-corrected chi connectivity index (χ1v) is 5.20. The van der Waals surface area contributed by atoms with Gasteiger partial charge in [-0.05, 0) is 18.2 Å². The molecule has 17 heavy (non-hydrogen) atoms. The van der Waals surface area contributed by atoms with Crippen molar-refractivity contribution in [3.05, 3.63) is 57.0 Å². The number of aromatic nitrogens is 1. The van der Waals surface area contributed by atoms with Gasteiger partial charge in [0.2, 0.25) is 11.1 Å². The molecule has 4 nitrogen and oxygen atoms in total. The Kier molecular flexibility index (Phi) is 1.92. The normalized spacial score (nSPS) is 11.1. The molecule has 84 valence electrons. The van der Waals surface area contributed by atoms with E-state index in [9.17, 15) is 9.59 Å². The van der Waals surface area contributed by atoms with Crippen molar-refractivity contribution in [3.8, 4) is 0 Å². The van der Waals surface area contributed by atoms with E-state index in [4.69, 9.17) is 4.42 Å². The SMILES string of the molecule is Cn1c(=O)ccc2c(=O)c3ccccc3oc21. The average Bonchev–Trinajstić information content (AvgIpc) is 2.35. The number of rotatable bonds is 0. The van der Waals surface area contributed by atoms with E-state index in [1.54, 1.807) is 31.3 Å². The molecule has 0 bridgehead atoms. The summed E-state index contributed by atoms with van der Waals surface area (Å²) in [5.74, 6) is 0. The first-order valence-electron chi connectivity index (χ1n) is 5.20. The van der Waals surface area contributed by atoms with Crippen molar-refractivity contribution in [1.29, 1.82) is 0 Å². The summed E-state index contributed by atoms with van der Waals surface area (Å²) in [6.07, 6.45) is 0. The van der Waals surface area contributed by atoms with Crippen molar-refractivity contribution in [2.75, 3.05) is 0 Å². The van der Waals surface area contributed by atoms with E-state index in [0.29, 0.717) is 22.1 Å². The molecule has 3 rings (SSSR count). The lowest BCUT2D eigenvalue weighted by Gasteiger charge is -2.04. The van der Waals surface area contributed by atoms with Crippen LogP contribution < -0.4 is 11.0 Å². The zero-order valence-corrected chi connectivity index (χ0v) is 9.14. The lowest BCUT2D eigenvalue weighted by molar-refractivity contribution is 0.612. The maximum atomic E-state index is 12.2. The third kappa shape index (κ3) is 1.30. The molecule has 0 N–H and O–H groups in total. The summed E-state index contributed by atoms with van der Waals surface area (Å²) in [5, 5.41) is 0.949. The molecule has 0 atom stereocenters. The van der Waals surface area contributed by atoms with Crippen molar-refractivity contribution in [2.45, 2.75) is 0 Å². The van der Waals surface area contributed by atoms with Crippen LogP contribution >= 0.6 is 0 Å². The zero-order valence-electron chi connectivity index (χ0n) is 9.14. The second kappa shape index (κ2) is 3.31. The van der Waals surface area contributed by atoms with Crippen LogP contribution in [0.2, 0.25) is 0 Å². The number of para-hydroxylation sites is 1. The smallest absolute Gasteiger partial charge is 0.253 e. The molecule has 0 saturated carbocycles. The zero-order chi connectivity index (χ0) is 12.0. The Hall–Kier alpha value is -2.36. The molecule has 2 aromatic heterocycles. The first-order chi connectivity index (χ1) is 8.18. The fourth-order valence-electron chi connectivity index (χ4n) is 1.91. The summed E-state index contributed by atoms with van der Waals surface area (Å²) in [5.41, 5.74) is 0.487. The monoisotopic (exact) mass is 227 g/mol. The molecule has 1 aromatic carbocycles. The Morgan fingerprint density at radius 1 is 1.00 bits per heavy atom. The van der Waals surface area contributed by atoms with E-state index in [2.05, 4.69) is 0 Å². The van der Waals surface area contributed by atoms with Gasteiger partial charge in [-0.3, -0.25) is 14.2 Å². The Morgan fingerprint density at radius 2 is 1.76 bits per heavy atom. The molecule has 0 aliphatic heterocycles. The molecule has 2 heterocycles. The second-order valence-corrected chi connectivity index (χ2v) is 3.88. The number of hydrogen-bond donors (Lipinski definition) is 0. The van der Waals surface area contributed by atoms with Gasteiger partial charge in [0, 0.05) is 13.1 Å². The Morgan fingerprint density at radius 3 is 2.59 bits per heavy atom. The number of pyridine rings is 1. The van der Waals surface area contributed by atoms with Crippen LogP contribution in [0.1, 0.15) is 0 Å².